The average molecular weight is 497 g/mol. The fourth-order valence-corrected chi connectivity index (χ4v) is 4.09. The van der Waals surface area contributed by atoms with Crippen molar-refractivity contribution in [2.45, 2.75) is 25.8 Å². The molecule has 3 heterocycles. The van der Waals surface area contributed by atoms with Gasteiger partial charge >= 0.3 is 0 Å². The molecule has 1 fully saturated rings. The second kappa shape index (κ2) is 9.73. The Bertz CT molecular complexity index is 838. The molecule has 1 atom stereocenters. The predicted molar refractivity (Wildman–Crippen MR) is 124 cm³/mol. The fraction of sp³-hybridized carbons (Fsp3) is 0.476. The highest BCUT2D eigenvalue weighted by molar-refractivity contribution is 14.0. The Labute approximate surface area is 183 Å². The van der Waals surface area contributed by atoms with E-state index in [0.717, 1.165) is 61.6 Å². The number of guanidine groups is 1. The van der Waals surface area contributed by atoms with Gasteiger partial charge in [0, 0.05) is 62.4 Å². The number of nitrogens with zero attached hydrogens (tertiary/aromatic N) is 3. The third-order valence-electron chi connectivity index (χ3n) is 5.53. The number of halogens is 2. The topological polar surface area (TPSA) is 46.7 Å². The number of nitrogens with one attached hydrogen (secondary N) is 2. The molecule has 0 amide bonds. The number of rotatable bonds is 5. The zero-order valence-electron chi connectivity index (χ0n) is 16.3. The van der Waals surface area contributed by atoms with Crippen LogP contribution in [-0.2, 0) is 6.42 Å². The van der Waals surface area contributed by atoms with Crippen LogP contribution < -0.4 is 5.32 Å². The van der Waals surface area contributed by atoms with Crippen molar-refractivity contribution in [1.29, 1.82) is 0 Å². The first-order valence-electron chi connectivity index (χ1n) is 9.92. The van der Waals surface area contributed by atoms with Gasteiger partial charge in [-0.15, -0.1) is 24.0 Å². The van der Waals surface area contributed by atoms with Gasteiger partial charge in [-0.1, -0.05) is 12.2 Å². The van der Waals surface area contributed by atoms with Gasteiger partial charge in [0.1, 0.15) is 5.82 Å². The highest BCUT2D eigenvalue weighted by Crippen LogP contribution is 2.20. The zero-order chi connectivity index (χ0) is 18.6. The number of aromatic nitrogens is 1. The summed E-state index contributed by atoms with van der Waals surface area (Å²) >= 11 is 0. The Morgan fingerprint density at radius 1 is 1.32 bits per heavy atom. The maximum atomic E-state index is 13.5. The van der Waals surface area contributed by atoms with Crippen molar-refractivity contribution in [2.75, 3.05) is 39.3 Å². The van der Waals surface area contributed by atoms with Gasteiger partial charge in [0.05, 0.1) is 0 Å². The van der Waals surface area contributed by atoms with Crippen LogP contribution in [0.15, 0.2) is 41.5 Å². The lowest BCUT2D eigenvalue weighted by atomic mass is 10.1. The third kappa shape index (κ3) is 4.68. The molecule has 1 saturated heterocycles. The Morgan fingerprint density at radius 2 is 2.14 bits per heavy atom. The van der Waals surface area contributed by atoms with Gasteiger partial charge in [0.2, 0.25) is 0 Å². The molecule has 1 aromatic heterocycles. The molecule has 4 rings (SSSR count). The summed E-state index contributed by atoms with van der Waals surface area (Å²) in [6.45, 7) is 7.89. The zero-order valence-corrected chi connectivity index (χ0v) is 18.7. The molecule has 2 aliphatic rings. The summed E-state index contributed by atoms with van der Waals surface area (Å²) in [5, 5.41) is 4.39. The van der Waals surface area contributed by atoms with Crippen LogP contribution in [0.25, 0.3) is 10.9 Å². The Hall–Kier alpha value is -1.61. The summed E-state index contributed by atoms with van der Waals surface area (Å²) < 4.78 is 13.5. The molecule has 28 heavy (non-hydrogen) atoms. The molecule has 2 N–H and O–H groups in total. The highest BCUT2D eigenvalue weighted by Gasteiger charge is 2.29. The smallest absolute Gasteiger partial charge is 0.193 e. The van der Waals surface area contributed by atoms with Crippen LogP contribution in [0.2, 0.25) is 0 Å². The Morgan fingerprint density at radius 3 is 2.93 bits per heavy atom. The number of hydrogen-bond donors (Lipinski definition) is 2. The van der Waals surface area contributed by atoms with Crippen LogP contribution in [0.4, 0.5) is 4.39 Å². The second-order valence-electron chi connectivity index (χ2n) is 7.30. The van der Waals surface area contributed by atoms with Crippen LogP contribution in [-0.4, -0.2) is 66.1 Å². The lowest BCUT2D eigenvalue weighted by Gasteiger charge is -2.25. The van der Waals surface area contributed by atoms with Crippen molar-refractivity contribution in [3.8, 4) is 0 Å². The number of likely N-dealkylation sites (tertiary alicyclic amines) is 1. The fourth-order valence-electron chi connectivity index (χ4n) is 4.09. The van der Waals surface area contributed by atoms with Crippen LogP contribution in [0.1, 0.15) is 18.9 Å². The van der Waals surface area contributed by atoms with Gasteiger partial charge in [0.25, 0.3) is 0 Å². The summed E-state index contributed by atoms with van der Waals surface area (Å²) in [5.41, 5.74) is 2.09. The monoisotopic (exact) mass is 497 g/mol. The SMILES string of the molecule is CCNC(=NCCc1c[nH]c2ccc(F)cc12)N1CCC(N2CC=CC2)C1.I. The van der Waals surface area contributed by atoms with E-state index in [4.69, 9.17) is 4.99 Å². The second-order valence-corrected chi connectivity index (χ2v) is 7.30. The largest absolute Gasteiger partial charge is 0.361 e. The van der Waals surface area contributed by atoms with Crippen LogP contribution in [0.5, 0.6) is 0 Å². The summed E-state index contributed by atoms with van der Waals surface area (Å²) in [7, 11) is 0. The van der Waals surface area contributed by atoms with E-state index in [9.17, 15) is 4.39 Å². The van der Waals surface area contributed by atoms with Gasteiger partial charge in [-0.05, 0) is 43.5 Å². The Kier molecular flexibility index (Phi) is 7.34. The average Bonchev–Trinajstić information content (AvgIpc) is 3.41. The van der Waals surface area contributed by atoms with Crippen molar-refractivity contribution in [3.05, 3.63) is 47.9 Å². The number of H-pyrrole nitrogens is 1. The molecule has 1 unspecified atom stereocenters. The standard InChI is InChI=1S/C21H28FN5.HI/c1-2-23-21(27-12-8-18(15-27)26-10-3-4-11-26)24-9-7-16-14-25-20-6-5-17(22)13-19(16)20;/h3-6,13-14,18,25H,2,7-12,15H2,1H3,(H,23,24);1H. The van der Waals surface area contributed by atoms with Crippen molar-refractivity contribution in [1.82, 2.24) is 20.1 Å². The van der Waals surface area contributed by atoms with Crippen molar-refractivity contribution in [2.24, 2.45) is 4.99 Å². The summed E-state index contributed by atoms with van der Waals surface area (Å²) in [5.74, 6) is 0.804. The molecule has 0 spiro atoms. The summed E-state index contributed by atoms with van der Waals surface area (Å²) in [4.78, 5) is 13.0. The van der Waals surface area contributed by atoms with Crippen molar-refractivity contribution in [3.63, 3.8) is 0 Å². The molecule has 152 valence electrons. The molecule has 0 saturated carbocycles. The third-order valence-corrected chi connectivity index (χ3v) is 5.53. The van der Waals surface area contributed by atoms with E-state index in [-0.39, 0.29) is 29.8 Å². The maximum Gasteiger partial charge on any atom is 0.193 e. The van der Waals surface area contributed by atoms with Crippen LogP contribution in [0, 0.1) is 5.82 Å². The molecule has 1 aromatic carbocycles. The van der Waals surface area contributed by atoms with E-state index in [1.54, 1.807) is 12.1 Å². The van der Waals surface area contributed by atoms with Crippen LogP contribution >= 0.6 is 24.0 Å². The predicted octanol–water partition coefficient (Wildman–Crippen LogP) is 3.38. The van der Waals surface area contributed by atoms with E-state index in [1.807, 2.05) is 6.20 Å². The lowest BCUT2D eigenvalue weighted by molar-refractivity contribution is 0.259. The minimum atomic E-state index is -0.195. The minimum Gasteiger partial charge on any atom is -0.361 e. The van der Waals surface area contributed by atoms with E-state index >= 15 is 0 Å². The normalized spacial score (nSPS) is 20.1. The van der Waals surface area contributed by atoms with Gasteiger partial charge in [0.15, 0.2) is 5.96 Å². The molecule has 2 aromatic rings. The van der Waals surface area contributed by atoms with Gasteiger partial charge in [-0.25, -0.2) is 4.39 Å². The number of aromatic amines is 1. The molecule has 2 aliphatic heterocycles. The quantitative estimate of drug-likeness (QED) is 0.288. The molecular formula is C21H29FIN5. The first-order valence-corrected chi connectivity index (χ1v) is 9.92. The first kappa shape index (κ1) is 21.1. The summed E-state index contributed by atoms with van der Waals surface area (Å²) in [6.07, 6.45) is 8.47. The number of hydrogen-bond acceptors (Lipinski definition) is 2. The summed E-state index contributed by atoms with van der Waals surface area (Å²) in [6, 6.07) is 5.49. The van der Waals surface area contributed by atoms with Gasteiger partial charge in [-0.3, -0.25) is 9.89 Å². The molecule has 0 bridgehead atoms. The molecular weight excluding hydrogens is 468 g/mol. The lowest BCUT2D eigenvalue weighted by Crippen LogP contribution is -2.43. The van der Waals surface area contributed by atoms with Crippen molar-refractivity contribution < 1.29 is 4.39 Å². The minimum absolute atomic E-state index is 0. The van der Waals surface area contributed by atoms with Gasteiger partial charge in [-0.2, -0.15) is 0 Å². The van der Waals surface area contributed by atoms with E-state index in [2.05, 4.69) is 39.2 Å². The van der Waals surface area contributed by atoms with E-state index in [1.165, 1.54) is 12.5 Å². The Balaban J connectivity index is 0.00000225. The maximum absolute atomic E-state index is 13.5. The number of aliphatic imine (C=N–C) groups is 1. The van der Waals surface area contributed by atoms with E-state index in [0.29, 0.717) is 12.6 Å². The molecule has 0 aliphatic carbocycles. The number of fused-ring (bicyclic) bond motifs is 1. The first-order chi connectivity index (χ1) is 13.2. The van der Waals surface area contributed by atoms with E-state index < -0.39 is 0 Å². The number of benzene rings is 1. The van der Waals surface area contributed by atoms with Crippen LogP contribution in [0.3, 0.4) is 0 Å². The highest BCUT2D eigenvalue weighted by atomic mass is 127. The molecule has 7 heteroatoms. The van der Waals surface area contributed by atoms with Gasteiger partial charge < -0.3 is 15.2 Å². The van der Waals surface area contributed by atoms with Crippen molar-refractivity contribution >= 4 is 40.8 Å². The molecule has 5 nitrogen and oxygen atoms in total. The molecule has 0 radical (unpaired) electrons.